The van der Waals surface area contributed by atoms with E-state index >= 15 is 0 Å². The molecule has 86 valence electrons. The molecule has 0 spiro atoms. The molecular weight excluding hydrogens is 220 g/mol. The number of anilines is 1. The van der Waals surface area contributed by atoms with E-state index in [9.17, 15) is 9.90 Å². The van der Waals surface area contributed by atoms with Crippen molar-refractivity contribution in [3.8, 4) is 11.1 Å². The molecule has 1 aliphatic rings. The number of hydrogen-bond donors (Lipinski definition) is 2. The summed E-state index contributed by atoms with van der Waals surface area (Å²) in [4.78, 5) is 20.2. The van der Waals surface area contributed by atoms with Crippen LogP contribution in [0.1, 0.15) is 6.23 Å². The third kappa shape index (κ3) is 1.50. The summed E-state index contributed by atoms with van der Waals surface area (Å²) in [5.41, 5.74) is 0.949. The van der Waals surface area contributed by atoms with E-state index in [1.807, 2.05) is 0 Å². The van der Waals surface area contributed by atoms with Gasteiger partial charge in [0.15, 0.2) is 6.23 Å². The van der Waals surface area contributed by atoms with Gasteiger partial charge < -0.3 is 10.4 Å². The summed E-state index contributed by atoms with van der Waals surface area (Å²) in [5.74, 6) is 0.403. The molecule has 0 saturated carbocycles. The molecule has 1 aliphatic heterocycles. The molecule has 0 bridgehead atoms. The number of nitrogens with one attached hydrogen (secondary N) is 1. The molecule has 3 rings (SSSR count). The van der Waals surface area contributed by atoms with Crippen LogP contribution in [0.25, 0.3) is 11.1 Å². The SMILES string of the molecule is O=c1c(-c2ccncc2)cnc2n1C(O)CN2. The maximum atomic E-state index is 12.2. The van der Waals surface area contributed by atoms with E-state index in [0.29, 0.717) is 18.1 Å². The van der Waals surface area contributed by atoms with Crippen molar-refractivity contribution in [2.45, 2.75) is 6.23 Å². The maximum Gasteiger partial charge on any atom is 0.264 e. The molecule has 0 amide bonds. The summed E-state index contributed by atoms with van der Waals surface area (Å²) in [5, 5.41) is 12.5. The van der Waals surface area contributed by atoms with Gasteiger partial charge in [-0.2, -0.15) is 0 Å². The Morgan fingerprint density at radius 2 is 2.18 bits per heavy atom. The molecule has 0 aromatic carbocycles. The molecule has 0 fully saturated rings. The first-order chi connectivity index (χ1) is 8.27. The van der Waals surface area contributed by atoms with Crippen molar-refractivity contribution in [2.75, 3.05) is 11.9 Å². The third-order valence-corrected chi connectivity index (χ3v) is 2.73. The van der Waals surface area contributed by atoms with Crippen molar-refractivity contribution in [3.63, 3.8) is 0 Å². The fraction of sp³-hybridized carbons (Fsp3) is 0.182. The lowest BCUT2D eigenvalue weighted by molar-refractivity contribution is 0.128. The number of aromatic nitrogens is 3. The predicted octanol–water partition coefficient (Wildman–Crippen LogP) is 0.222. The molecule has 2 aromatic heterocycles. The standard InChI is InChI=1S/C11H10N4O2/c16-9-6-14-11-13-5-8(10(17)15(9)11)7-1-3-12-4-2-7/h1-5,9,16H,6H2,(H,13,14). The highest BCUT2D eigenvalue weighted by molar-refractivity contribution is 5.61. The second-order valence-electron chi connectivity index (χ2n) is 3.77. The minimum Gasteiger partial charge on any atom is -0.371 e. The Balaban J connectivity index is 2.22. The number of pyridine rings is 1. The van der Waals surface area contributed by atoms with Gasteiger partial charge in [-0.25, -0.2) is 9.55 Å². The summed E-state index contributed by atoms with van der Waals surface area (Å²) in [6, 6.07) is 3.47. The van der Waals surface area contributed by atoms with Gasteiger partial charge in [0, 0.05) is 18.6 Å². The van der Waals surface area contributed by atoms with Crippen molar-refractivity contribution < 1.29 is 5.11 Å². The highest BCUT2D eigenvalue weighted by atomic mass is 16.3. The van der Waals surface area contributed by atoms with E-state index in [2.05, 4.69) is 15.3 Å². The molecule has 3 heterocycles. The minimum absolute atomic E-state index is 0.251. The van der Waals surface area contributed by atoms with Crippen LogP contribution in [0.5, 0.6) is 0 Å². The molecule has 6 heteroatoms. The molecule has 2 N–H and O–H groups in total. The van der Waals surface area contributed by atoms with Gasteiger partial charge in [0.05, 0.1) is 12.1 Å². The zero-order valence-electron chi connectivity index (χ0n) is 8.87. The first-order valence-electron chi connectivity index (χ1n) is 5.21. The number of rotatable bonds is 1. The van der Waals surface area contributed by atoms with Crippen LogP contribution < -0.4 is 10.9 Å². The van der Waals surface area contributed by atoms with Crippen molar-refractivity contribution in [1.82, 2.24) is 14.5 Å². The van der Waals surface area contributed by atoms with Crippen molar-refractivity contribution in [3.05, 3.63) is 41.1 Å². The Bertz CT molecular complexity index is 609. The van der Waals surface area contributed by atoms with Gasteiger partial charge in [0.25, 0.3) is 5.56 Å². The average molecular weight is 230 g/mol. The van der Waals surface area contributed by atoms with E-state index in [1.165, 1.54) is 10.8 Å². The molecule has 17 heavy (non-hydrogen) atoms. The van der Waals surface area contributed by atoms with E-state index in [4.69, 9.17) is 0 Å². The van der Waals surface area contributed by atoms with Gasteiger partial charge >= 0.3 is 0 Å². The van der Waals surface area contributed by atoms with Gasteiger partial charge in [-0.3, -0.25) is 9.78 Å². The Hall–Kier alpha value is -2.21. The normalized spacial score (nSPS) is 17.6. The molecule has 0 radical (unpaired) electrons. The maximum absolute atomic E-state index is 12.2. The predicted molar refractivity (Wildman–Crippen MR) is 61.5 cm³/mol. The van der Waals surface area contributed by atoms with Crippen molar-refractivity contribution in [2.24, 2.45) is 0 Å². The van der Waals surface area contributed by atoms with E-state index in [0.717, 1.165) is 5.56 Å². The molecule has 6 nitrogen and oxygen atoms in total. The summed E-state index contributed by atoms with van der Waals surface area (Å²) in [7, 11) is 0. The lowest BCUT2D eigenvalue weighted by Gasteiger charge is -2.07. The van der Waals surface area contributed by atoms with Crippen LogP contribution in [-0.4, -0.2) is 26.2 Å². The average Bonchev–Trinajstić information content (AvgIpc) is 2.73. The smallest absolute Gasteiger partial charge is 0.264 e. The molecule has 0 saturated heterocycles. The second-order valence-corrected chi connectivity index (χ2v) is 3.77. The van der Waals surface area contributed by atoms with Crippen LogP contribution in [0.4, 0.5) is 5.95 Å². The Kier molecular flexibility index (Phi) is 2.15. The largest absolute Gasteiger partial charge is 0.371 e. The number of hydrogen-bond acceptors (Lipinski definition) is 5. The summed E-state index contributed by atoms with van der Waals surface area (Å²) >= 11 is 0. The molecule has 1 unspecified atom stereocenters. The van der Waals surface area contributed by atoms with Crippen LogP contribution in [0.2, 0.25) is 0 Å². The highest BCUT2D eigenvalue weighted by Crippen LogP contribution is 2.19. The fourth-order valence-corrected chi connectivity index (χ4v) is 1.88. The third-order valence-electron chi connectivity index (χ3n) is 2.73. The van der Waals surface area contributed by atoms with Crippen LogP contribution >= 0.6 is 0 Å². The lowest BCUT2D eigenvalue weighted by atomic mass is 10.1. The van der Waals surface area contributed by atoms with Crippen LogP contribution in [0.3, 0.4) is 0 Å². The van der Waals surface area contributed by atoms with Crippen LogP contribution in [-0.2, 0) is 0 Å². The van der Waals surface area contributed by atoms with Gasteiger partial charge in [-0.1, -0.05) is 0 Å². The molecule has 1 atom stereocenters. The monoisotopic (exact) mass is 230 g/mol. The summed E-state index contributed by atoms with van der Waals surface area (Å²) < 4.78 is 1.26. The first-order valence-corrected chi connectivity index (χ1v) is 5.21. The minimum atomic E-state index is -0.855. The van der Waals surface area contributed by atoms with Crippen molar-refractivity contribution in [1.29, 1.82) is 0 Å². The number of aliphatic hydroxyl groups is 1. The fourth-order valence-electron chi connectivity index (χ4n) is 1.88. The lowest BCUT2D eigenvalue weighted by Crippen LogP contribution is -2.24. The van der Waals surface area contributed by atoms with Crippen LogP contribution in [0.15, 0.2) is 35.5 Å². The zero-order valence-corrected chi connectivity index (χ0v) is 8.87. The Morgan fingerprint density at radius 1 is 1.41 bits per heavy atom. The van der Waals surface area contributed by atoms with E-state index in [-0.39, 0.29) is 5.56 Å². The highest BCUT2D eigenvalue weighted by Gasteiger charge is 2.23. The number of β-amino-alcohol motifs (C(OH)–C–C–N with tert-alkyl or cyclic N) is 1. The van der Waals surface area contributed by atoms with Crippen LogP contribution in [0, 0.1) is 0 Å². The summed E-state index contributed by atoms with van der Waals surface area (Å²) in [6.45, 7) is 0.308. The number of fused-ring (bicyclic) bond motifs is 1. The number of nitrogens with zero attached hydrogens (tertiary/aromatic N) is 3. The van der Waals surface area contributed by atoms with Gasteiger partial charge in [0.1, 0.15) is 0 Å². The summed E-state index contributed by atoms with van der Waals surface area (Å²) in [6.07, 6.45) is 3.88. The molecule has 2 aromatic rings. The quantitative estimate of drug-likeness (QED) is 0.732. The zero-order chi connectivity index (χ0) is 11.8. The first kappa shape index (κ1) is 9.98. The topological polar surface area (TPSA) is 80.0 Å². The van der Waals surface area contributed by atoms with Gasteiger partial charge in [-0.15, -0.1) is 0 Å². The Morgan fingerprint density at radius 3 is 2.94 bits per heavy atom. The molecule has 0 aliphatic carbocycles. The van der Waals surface area contributed by atoms with Gasteiger partial charge in [-0.05, 0) is 17.7 Å². The van der Waals surface area contributed by atoms with E-state index < -0.39 is 6.23 Å². The van der Waals surface area contributed by atoms with Crippen molar-refractivity contribution >= 4 is 5.95 Å². The number of aliphatic hydroxyl groups excluding tert-OH is 1. The van der Waals surface area contributed by atoms with Gasteiger partial charge in [0.2, 0.25) is 5.95 Å². The second kappa shape index (κ2) is 3.67. The van der Waals surface area contributed by atoms with E-state index in [1.54, 1.807) is 24.5 Å². The molecular formula is C11H10N4O2. The Labute approximate surface area is 96.6 Å².